The zero-order valence-electron chi connectivity index (χ0n) is 12.4. The molecule has 0 unspecified atom stereocenters. The van der Waals surface area contributed by atoms with E-state index in [-0.39, 0.29) is 0 Å². The Bertz CT molecular complexity index is 621. The monoisotopic (exact) mass is 305 g/mol. The van der Waals surface area contributed by atoms with Crippen LogP contribution in [0.3, 0.4) is 0 Å². The number of hydrogen-bond acceptors (Lipinski definition) is 7. The molecule has 0 radical (unpaired) electrons. The van der Waals surface area contributed by atoms with E-state index in [1.165, 1.54) is 11.8 Å². The molecule has 1 saturated carbocycles. The van der Waals surface area contributed by atoms with Gasteiger partial charge in [-0.1, -0.05) is 13.8 Å². The summed E-state index contributed by atoms with van der Waals surface area (Å²) in [5.74, 6) is 1.23. The summed E-state index contributed by atoms with van der Waals surface area (Å²) >= 11 is 1.52. The molecule has 0 aromatic carbocycles. The second-order valence-electron chi connectivity index (χ2n) is 5.37. The summed E-state index contributed by atoms with van der Waals surface area (Å²) in [6.07, 6.45) is 3.90. The SMILES string of the molecule is CCNc1ncnc(Sc2nnnn2C2CC2)c1C(C)C. The fourth-order valence-corrected chi connectivity index (χ4v) is 3.25. The number of tetrazole rings is 1. The third-order valence-electron chi connectivity index (χ3n) is 3.31. The van der Waals surface area contributed by atoms with E-state index in [4.69, 9.17) is 0 Å². The van der Waals surface area contributed by atoms with Crippen LogP contribution in [0, 0.1) is 0 Å². The lowest BCUT2D eigenvalue weighted by Crippen LogP contribution is -2.08. The van der Waals surface area contributed by atoms with E-state index >= 15 is 0 Å². The first-order chi connectivity index (χ1) is 10.2. The van der Waals surface area contributed by atoms with Crippen LogP contribution < -0.4 is 5.32 Å². The first-order valence-corrected chi connectivity index (χ1v) is 8.06. The summed E-state index contributed by atoms with van der Waals surface area (Å²) in [6, 6.07) is 0.458. The van der Waals surface area contributed by atoms with Crippen molar-refractivity contribution in [2.75, 3.05) is 11.9 Å². The molecule has 0 spiro atoms. The van der Waals surface area contributed by atoms with Crippen LogP contribution in [0.1, 0.15) is 51.1 Å². The Morgan fingerprint density at radius 2 is 2.19 bits per heavy atom. The van der Waals surface area contributed by atoms with Crippen molar-refractivity contribution in [1.29, 1.82) is 0 Å². The summed E-state index contributed by atoms with van der Waals surface area (Å²) in [6.45, 7) is 7.19. The lowest BCUT2D eigenvalue weighted by atomic mass is 10.1. The van der Waals surface area contributed by atoms with Crippen LogP contribution in [0.4, 0.5) is 5.82 Å². The number of aromatic nitrogens is 6. The van der Waals surface area contributed by atoms with Gasteiger partial charge in [0.15, 0.2) is 0 Å². The van der Waals surface area contributed by atoms with Gasteiger partial charge in [0, 0.05) is 12.1 Å². The van der Waals surface area contributed by atoms with E-state index in [2.05, 4.69) is 51.6 Å². The molecule has 8 heteroatoms. The molecule has 0 atom stereocenters. The maximum atomic E-state index is 4.44. The van der Waals surface area contributed by atoms with Gasteiger partial charge >= 0.3 is 0 Å². The van der Waals surface area contributed by atoms with Crippen LogP contribution in [-0.4, -0.2) is 36.7 Å². The van der Waals surface area contributed by atoms with E-state index in [1.807, 2.05) is 4.68 Å². The van der Waals surface area contributed by atoms with E-state index in [0.717, 1.165) is 41.0 Å². The normalized spacial score (nSPS) is 14.7. The van der Waals surface area contributed by atoms with Crippen molar-refractivity contribution in [3.8, 4) is 0 Å². The van der Waals surface area contributed by atoms with Crippen LogP contribution in [0.2, 0.25) is 0 Å². The third kappa shape index (κ3) is 2.99. The summed E-state index contributed by atoms with van der Waals surface area (Å²) in [5, 5.41) is 17.0. The number of anilines is 1. The first-order valence-electron chi connectivity index (χ1n) is 7.25. The van der Waals surface area contributed by atoms with Gasteiger partial charge in [0.05, 0.1) is 6.04 Å². The first kappa shape index (κ1) is 14.2. The van der Waals surface area contributed by atoms with Gasteiger partial charge < -0.3 is 5.32 Å². The predicted octanol–water partition coefficient (Wildman–Crippen LogP) is 2.50. The van der Waals surface area contributed by atoms with Gasteiger partial charge in [-0.05, 0) is 47.9 Å². The molecule has 2 aromatic rings. The van der Waals surface area contributed by atoms with Gasteiger partial charge in [-0.25, -0.2) is 14.6 Å². The zero-order chi connectivity index (χ0) is 14.8. The van der Waals surface area contributed by atoms with Gasteiger partial charge in [-0.3, -0.25) is 0 Å². The summed E-state index contributed by atoms with van der Waals surface area (Å²) in [5.41, 5.74) is 1.12. The predicted molar refractivity (Wildman–Crippen MR) is 80.5 cm³/mol. The zero-order valence-corrected chi connectivity index (χ0v) is 13.3. The highest BCUT2D eigenvalue weighted by Gasteiger charge is 2.29. The molecule has 1 fully saturated rings. The van der Waals surface area contributed by atoms with Crippen LogP contribution in [0.5, 0.6) is 0 Å². The molecule has 7 nitrogen and oxygen atoms in total. The quantitative estimate of drug-likeness (QED) is 0.821. The Morgan fingerprint density at radius 1 is 1.38 bits per heavy atom. The minimum absolute atomic E-state index is 0.327. The minimum atomic E-state index is 0.327. The van der Waals surface area contributed by atoms with Crippen LogP contribution in [0.15, 0.2) is 16.5 Å². The largest absolute Gasteiger partial charge is 0.370 e. The van der Waals surface area contributed by atoms with E-state index in [9.17, 15) is 0 Å². The molecule has 21 heavy (non-hydrogen) atoms. The van der Waals surface area contributed by atoms with Crippen LogP contribution >= 0.6 is 11.8 Å². The van der Waals surface area contributed by atoms with Crippen molar-refractivity contribution >= 4 is 17.6 Å². The van der Waals surface area contributed by atoms with Gasteiger partial charge in [0.25, 0.3) is 0 Å². The Morgan fingerprint density at radius 3 is 2.86 bits per heavy atom. The Kier molecular flexibility index (Phi) is 4.05. The molecule has 0 saturated heterocycles. The van der Waals surface area contributed by atoms with Crippen molar-refractivity contribution < 1.29 is 0 Å². The molecule has 112 valence electrons. The molecular formula is C13H19N7S. The van der Waals surface area contributed by atoms with E-state index in [1.54, 1.807) is 6.33 Å². The molecule has 0 bridgehead atoms. The van der Waals surface area contributed by atoms with Crippen molar-refractivity contribution in [2.24, 2.45) is 0 Å². The average molecular weight is 305 g/mol. The number of rotatable bonds is 6. The molecule has 0 aliphatic heterocycles. The van der Waals surface area contributed by atoms with Gasteiger partial charge in [-0.15, -0.1) is 5.10 Å². The topological polar surface area (TPSA) is 81.4 Å². The minimum Gasteiger partial charge on any atom is -0.370 e. The molecule has 0 amide bonds. The Hall–Kier alpha value is -1.70. The molecule has 2 heterocycles. The lowest BCUT2D eigenvalue weighted by molar-refractivity contribution is 0.565. The smallest absolute Gasteiger partial charge is 0.215 e. The maximum absolute atomic E-state index is 4.44. The number of nitrogens with zero attached hydrogens (tertiary/aromatic N) is 6. The van der Waals surface area contributed by atoms with Crippen molar-refractivity contribution in [1.82, 2.24) is 30.2 Å². The lowest BCUT2D eigenvalue weighted by Gasteiger charge is -2.15. The summed E-state index contributed by atoms with van der Waals surface area (Å²) < 4.78 is 1.91. The maximum Gasteiger partial charge on any atom is 0.215 e. The number of nitrogens with one attached hydrogen (secondary N) is 1. The highest BCUT2D eigenvalue weighted by molar-refractivity contribution is 7.99. The summed E-state index contributed by atoms with van der Waals surface area (Å²) in [7, 11) is 0. The van der Waals surface area contributed by atoms with Gasteiger partial charge in [0.2, 0.25) is 5.16 Å². The van der Waals surface area contributed by atoms with Crippen LogP contribution in [0.25, 0.3) is 0 Å². The van der Waals surface area contributed by atoms with Crippen LogP contribution in [-0.2, 0) is 0 Å². The average Bonchev–Trinajstić information content (AvgIpc) is 3.20. The van der Waals surface area contributed by atoms with E-state index < -0.39 is 0 Å². The van der Waals surface area contributed by atoms with Crippen molar-refractivity contribution in [3.63, 3.8) is 0 Å². The molecular weight excluding hydrogens is 286 g/mol. The highest BCUT2D eigenvalue weighted by Crippen LogP contribution is 2.39. The number of hydrogen-bond donors (Lipinski definition) is 1. The second kappa shape index (κ2) is 5.97. The Balaban J connectivity index is 1.93. The second-order valence-corrected chi connectivity index (χ2v) is 6.32. The molecule has 1 aliphatic carbocycles. The van der Waals surface area contributed by atoms with E-state index in [0.29, 0.717) is 12.0 Å². The van der Waals surface area contributed by atoms with Gasteiger partial charge in [-0.2, -0.15) is 0 Å². The highest BCUT2D eigenvalue weighted by atomic mass is 32.2. The summed E-state index contributed by atoms with van der Waals surface area (Å²) in [4.78, 5) is 8.80. The molecule has 2 aromatic heterocycles. The molecule has 3 rings (SSSR count). The third-order valence-corrected chi connectivity index (χ3v) is 4.28. The standard InChI is InChI=1S/C13H19N7S/c1-4-14-11-10(8(2)3)12(16-7-15-11)21-13-17-18-19-20(13)9-5-6-9/h7-9H,4-6H2,1-3H3,(H,14,15,16). The van der Waals surface area contributed by atoms with Crippen molar-refractivity contribution in [3.05, 3.63) is 11.9 Å². The van der Waals surface area contributed by atoms with Crippen molar-refractivity contribution in [2.45, 2.75) is 55.8 Å². The fourth-order valence-electron chi connectivity index (χ4n) is 2.18. The fraction of sp³-hybridized carbons (Fsp3) is 0.615. The molecule has 1 aliphatic rings. The Labute approximate surface area is 127 Å². The molecule has 1 N–H and O–H groups in total. The van der Waals surface area contributed by atoms with Gasteiger partial charge in [0.1, 0.15) is 17.2 Å².